The highest BCUT2D eigenvalue weighted by atomic mass is 16.7. The Labute approximate surface area is 558 Å². The van der Waals surface area contributed by atoms with E-state index in [0.29, 0.717) is 12.8 Å². The number of hydrogen-bond acceptors (Lipinski definition) is 13. The highest BCUT2D eigenvalue weighted by molar-refractivity contribution is 5.76. The molecule has 0 aromatic carbocycles. The third kappa shape index (κ3) is 45.6. The van der Waals surface area contributed by atoms with Gasteiger partial charge in [-0.15, -0.1) is 0 Å². The van der Waals surface area contributed by atoms with E-state index >= 15 is 0 Å². The van der Waals surface area contributed by atoms with Crippen molar-refractivity contribution in [3.05, 3.63) is 24.3 Å². The van der Waals surface area contributed by atoms with Crippen LogP contribution in [0.3, 0.4) is 0 Å². The number of carbonyl (C=O) groups is 1. The van der Waals surface area contributed by atoms with Crippen LogP contribution in [-0.2, 0) is 23.7 Å². The first-order valence-electron chi connectivity index (χ1n) is 39.1. The summed E-state index contributed by atoms with van der Waals surface area (Å²) in [6.45, 7) is 2.91. The predicted molar refractivity (Wildman–Crippen MR) is 374 cm³/mol. The molecule has 12 unspecified atom stereocenters. The smallest absolute Gasteiger partial charge is 0.220 e. The fraction of sp³-hybridized carbons (Fsp3) is 0.935. The van der Waals surface area contributed by atoms with Crippen LogP contribution in [0.15, 0.2) is 24.3 Å². The van der Waals surface area contributed by atoms with E-state index in [2.05, 4.69) is 43.5 Å². The Balaban J connectivity index is 1.57. The summed E-state index contributed by atoms with van der Waals surface area (Å²) in [6.07, 6.45) is 62.2. The molecule has 2 aliphatic rings. The Kier molecular flexibility index (Phi) is 58.3. The molecule has 91 heavy (non-hydrogen) atoms. The Morgan fingerprint density at radius 2 is 0.725 bits per heavy atom. The second-order valence-electron chi connectivity index (χ2n) is 27.8. The molecule has 2 rings (SSSR count). The molecule has 0 aromatic heterocycles. The average molecular weight is 1300 g/mol. The molecule has 2 heterocycles. The summed E-state index contributed by atoms with van der Waals surface area (Å²) in [5.41, 5.74) is 0. The molecule has 0 spiro atoms. The summed E-state index contributed by atoms with van der Waals surface area (Å²) < 4.78 is 23.0. The fourth-order valence-corrected chi connectivity index (χ4v) is 13.2. The van der Waals surface area contributed by atoms with Crippen molar-refractivity contribution in [2.75, 3.05) is 19.8 Å². The van der Waals surface area contributed by atoms with Crippen LogP contribution in [-0.4, -0.2) is 140 Å². The molecule has 2 fully saturated rings. The van der Waals surface area contributed by atoms with Crippen LogP contribution in [0.1, 0.15) is 367 Å². The highest BCUT2D eigenvalue weighted by Crippen LogP contribution is 2.30. The molecule has 0 radical (unpaired) electrons. The largest absolute Gasteiger partial charge is 0.394 e. The SMILES string of the molecule is CCCCCCC/C=C\C/C=C\CCCCCCCCCCCCCCCCCCCCCCCCCCCC(=O)NC(COC1OC(CO)C(OC2OC(CO)C(O)C(O)C2O)C(O)C1O)C(O)CCCCCCCCCCCCCCCCCCCCCC. The van der Waals surface area contributed by atoms with E-state index < -0.39 is 86.8 Å². The van der Waals surface area contributed by atoms with Crippen LogP contribution in [0, 0.1) is 0 Å². The van der Waals surface area contributed by atoms with Gasteiger partial charge in [-0.3, -0.25) is 4.79 Å². The minimum atomic E-state index is -1.78. The van der Waals surface area contributed by atoms with E-state index in [1.54, 1.807) is 0 Å². The van der Waals surface area contributed by atoms with E-state index in [1.165, 1.54) is 283 Å². The molecule has 14 nitrogen and oxygen atoms in total. The van der Waals surface area contributed by atoms with Gasteiger partial charge in [0.15, 0.2) is 12.6 Å². The maximum Gasteiger partial charge on any atom is 0.220 e. The molecule has 9 N–H and O–H groups in total. The molecular weight excluding hydrogens is 1150 g/mol. The molecule has 12 atom stereocenters. The first-order valence-corrected chi connectivity index (χ1v) is 39.1. The second-order valence-corrected chi connectivity index (χ2v) is 27.8. The van der Waals surface area contributed by atoms with Gasteiger partial charge in [-0.25, -0.2) is 0 Å². The molecule has 0 saturated carbocycles. The monoisotopic (exact) mass is 1290 g/mol. The first kappa shape index (κ1) is 85.6. The Morgan fingerprint density at radius 3 is 1.10 bits per heavy atom. The quantitative estimate of drug-likeness (QED) is 0.0204. The number of hydrogen-bond donors (Lipinski definition) is 9. The van der Waals surface area contributed by atoms with Crippen molar-refractivity contribution in [1.29, 1.82) is 0 Å². The van der Waals surface area contributed by atoms with E-state index in [-0.39, 0.29) is 12.5 Å². The van der Waals surface area contributed by atoms with Gasteiger partial charge in [-0.1, -0.05) is 340 Å². The maximum atomic E-state index is 13.4. The maximum absolute atomic E-state index is 13.4. The van der Waals surface area contributed by atoms with Crippen molar-refractivity contribution < 1.29 is 64.6 Å². The van der Waals surface area contributed by atoms with Gasteiger partial charge in [0.05, 0.1) is 32.0 Å². The number of nitrogens with one attached hydrogen (secondary N) is 1. The number of amides is 1. The van der Waals surface area contributed by atoms with Crippen molar-refractivity contribution >= 4 is 5.91 Å². The lowest BCUT2D eigenvalue weighted by atomic mass is 9.97. The number of allylic oxidation sites excluding steroid dienone is 4. The van der Waals surface area contributed by atoms with Crippen LogP contribution >= 0.6 is 0 Å². The highest BCUT2D eigenvalue weighted by Gasteiger charge is 2.51. The second kappa shape index (κ2) is 62.0. The molecule has 0 bridgehead atoms. The number of ether oxygens (including phenoxy) is 4. The van der Waals surface area contributed by atoms with Crippen LogP contribution < -0.4 is 5.32 Å². The minimum Gasteiger partial charge on any atom is -0.394 e. The summed E-state index contributed by atoms with van der Waals surface area (Å²) in [4.78, 5) is 13.4. The van der Waals surface area contributed by atoms with Gasteiger partial charge in [0.2, 0.25) is 5.91 Å². The number of aliphatic hydroxyl groups excluding tert-OH is 8. The van der Waals surface area contributed by atoms with Gasteiger partial charge in [-0.05, 0) is 44.9 Å². The molecule has 0 aliphatic carbocycles. The number of aliphatic hydroxyl groups is 8. The number of carbonyl (C=O) groups excluding carboxylic acids is 1. The zero-order chi connectivity index (χ0) is 65.9. The Hall–Kier alpha value is -1.53. The van der Waals surface area contributed by atoms with Crippen molar-refractivity contribution in [2.24, 2.45) is 0 Å². The predicted octanol–water partition coefficient (Wildman–Crippen LogP) is 17.1. The Bertz CT molecular complexity index is 1620. The van der Waals surface area contributed by atoms with Crippen LogP contribution in [0.5, 0.6) is 0 Å². The van der Waals surface area contributed by atoms with Crippen molar-refractivity contribution in [3.63, 3.8) is 0 Å². The molecule has 538 valence electrons. The van der Waals surface area contributed by atoms with Gasteiger partial charge in [0, 0.05) is 6.42 Å². The zero-order valence-corrected chi connectivity index (χ0v) is 58.9. The average Bonchev–Trinajstić information content (AvgIpc) is 1.04. The van der Waals surface area contributed by atoms with E-state index in [4.69, 9.17) is 18.9 Å². The van der Waals surface area contributed by atoms with Crippen LogP contribution in [0.2, 0.25) is 0 Å². The third-order valence-corrected chi connectivity index (χ3v) is 19.4. The minimum absolute atomic E-state index is 0.198. The zero-order valence-electron chi connectivity index (χ0n) is 58.9. The normalized spacial score (nSPS) is 22.8. The molecular formula is C77H147NO13. The van der Waals surface area contributed by atoms with E-state index in [9.17, 15) is 45.6 Å². The summed E-state index contributed by atoms with van der Waals surface area (Å²) in [5, 5.41) is 87.7. The number of rotatable bonds is 66. The van der Waals surface area contributed by atoms with E-state index in [1.807, 2.05) is 0 Å². The summed E-state index contributed by atoms with van der Waals surface area (Å²) in [7, 11) is 0. The Morgan fingerprint density at radius 1 is 0.396 bits per heavy atom. The molecule has 1 amide bonds. The lowest BCUT2D eigenvalue weighted by molar-refractivity contribution is -0.359. The molecule has 2 saturated heterocycles. The summed E-state index contributed by atoms with van der Waals surface area (Å²) in [5.74, 6) is -0.198. The van der Waals surface area contributed by atoms with Crippen LogP contribution in [0.4, 0.5) is 0 Å². The van der Waals surface area contributed by atoms with Gasteiger partial charge in [0.1, 0.15) is 48.8 Å². The molecule has 0 aromatic rings. The van der Waals surface area contributed by atoms with Crippen molar-refractivity contribution in [1.82, 2.24) is 5.32 Å². The lowest BCUT2D eigenvalue weighted by Crippen LogP contribution is -2.65. The van der Waals surface area contributed by atoms with Gasteiger partial charge in [-0.2, -0.15) is 0 Å². The van der Waals surface area contributed by atoms with Gasteiger partial charge >= 0.3 is 0 Å². The van der Waals surface area contributed by atoms with Crippen molar-refractivity contribution in [2.45, 2.75) is 441 Å². The third-order valence-electron chi connectivity index (χ3n) is 19.4. The van der Waals surface area contributed by atoms with Crippen LogP contribution in [0.25, 0.3) is 0 Å². The fourth-order valence-electron chi connectivity index (χ4n) is 13.2. The standard InChI is InChI=1S/C77H147NO13/c1-3-5-7-9-11-13-15-17-19-21-23-25-26-27-28-29-30-31-32-33-34-35-36-37-38-39-40-41-43-45-47-49-51-53-55-57-59-61-69(82)78-65(66(81)60-58-56-54-52-50-48-46-44-42-24-22-20-18-16-14-12-10-8-6-4-2)64-88-76-74(87)72(85)75(68(63-80)90-76)91-77-73(86)71(84)70(83)67(62-79)89-77/h15,17,21,23,65-68,70-77,79-81,83-87H,3-14,16,18-20,22,24-64H2,1-2H3,(H,78,82)/b17-15-,23-21-. The summed E-state index contributed by atoms with van der Waals surface area (Å²) in [6, 6.07) is -0.827. The number of unbranched alkanes of at least 4 members (excludes halogenated alkanes) is 49. The van der Waals surface area contributed by atoms with Crippen molar-refractivity contribution in [3.8, 4) is 0 Å². The molecule has 2 aliphatic heterocycles. The summed E-state index contributed by atoms with van der Waals surface area (Å²) >= 11 is 0. The van der Waals surface area contributed by atoms with Gasteiger partial charge < -0.3 is 65.1 Å². The topological polar surface area (TPSA) is 228 Å². The lowest BCUT2D eigenvalue weighted by Gasteiger charge is -2.46. The van der Waals surface area contributed by atoms with E-state index in [0.717, 1.165) is 57.8 Å². The molecule has 14 heteroatoms. The first-order chi connectivity index (χ1) is 44.6. The van der Waals surface area contributed by atoms with Gasteiger partial charge in [0.25, 0.3) is 0 Å².